The summed E-state index contributed by atoms with van der Waals surface area (Å²) in [4.78, 5) is 37.6. The normalized spacial score (nSPS) is 13.8. The number of amides is 2. The third-order valence-electron chi connectivity index (χ3n) is 5.38. The Bertz CT molecular complexity index is 933. The standard InChI is InChI=1S/C23H28N2O4S/c1-4-14(2)16-9-11-17(12-10-16)25-20(27)13-29-23(28)21-18-7-5-6-8-19(18)30-22(21)24-15(3)26/h9-12,14H,4-8,13H2,1-3H3,(H,24,26)(H,25,27). The van der Waals surface area contributed by atoms with Crippen LogP contribution in [0.5, 0.6) is 0 Å². The summed E-state index contributed by atoms with van der Waals surface area (Å²) in [5, 5.41) is 6.00. The minimum absolute atomic E-state index is 0.235. The average molecular weight is 429 g/mol. The Morgan fingerprint density at radius 1 is 1.10 bits per heavy atom. The Morgan fingerprint density at radius 2 is 1.80 bits per heavy atom. The van der Waals surface area contributed by atoms with Gasteiger partial charge in [0.15, 0.2) is 6.61 Å². The van der Waals surface area contributed by atoms with Crippen molar-refractivity contribution in [1.82, 2.24) is 0 Å². The molecular formula is C23H28N2O4S. The lowest BCUT2D eigenvalue weighted by molar-refractivity contribution is -0.119. The van der Waals surface area contributed by atoms with Gasteiger partial charge >= 0.3 is 5.97 Å². The van der Waals surface area contributed by atoms with Crippen molar-refractivity contribution in [3.05, 3.63) is 45.8 Å². The number of fused-ring (bicyclic) bond motifs is 1. The molecule has 2 N–H and O–H groups in total. The van der Waals surface area contributed by atoms with Crippen LogP contribution in [0.3, 0.4) is 0 Å². The molecule has 1 aliphatic rings. The van der Waals surface area contributed by atoms with Gasteiger partial charge in [0.2, 0.25) is 5.91 Å². The second kappa shape index (κ2) is 9.89. The summed E-state index contributed by atoms with van der Waals surface area (Å²) in [6, 6.07) is 7.69. The third-order valence-corrected chi connectivity index (χ3v) is 6.58. The van der Waals surface area contributed by atoms with Crippen molar-refractivity contribution >= 4 is 39.8 Å². The molecule has 1 atom stereocenters. The van der Waals surface area contributed by atoms with E-state index in [0.29, 0.717) is 22.2 Å². The molecule has 7 heteroatoms. The average Bonchev–Trinajstić information content (AvgIpc) is 3.09. The molecule has 0 bridgehead atoms. The Balaban J connectivity index is 1.63. The maximum absolute atomic E-state index is 12.7. The van der Waals surface area contributed by atoms with Crippen molar-refractivity contribution < 1.29 is 19.1 Å². The first-order valence-electron chi connectivity index (χ1n) is 10.4. The summed E-state index contributed by atoms with van der Waals surface area (Å²) in [7, 11) is 0. The van der Waals surface area contributed by atoms with Crippen LogP contribution >= 0.6 is 11.3 Å². The van der Waals surface area contributed by atoms with E-state index in [4.69, 9.17) is 4.74 Å². The number of aryl methyl sites for hydroxylation is 1. The smallest absolute Gasteiger partial charge is 0.341 e. The number of hydrogen-bond donors (Lipinski definition) is 2. The number of nitrogens with one attached hydrogen (secondary N) is 2. The van der Waals surface area contributed by atoms with Gasteiger partial charge in [-0.1, -0.05) is 26.0 Å². The van der Waals surface area contributed by atoms with Crippen molar-refractivity contribution in [3.63, 3.8) is 0 Å². The van der Waals surface area contributed by atoms with E-state index >= 15 is 0 Å². The molecule has 1 aliphatic carbocycles. The summed E-state index contributed by atoms with van der Waals surface area (Å²) in [5.41, 5.74) is 3.22. The van der Waals surface area contributed by atoms with Gasteiger partial charge in [-0.15, -0.1) is 11.3 Å². The molecule has 0 aliphatic heterocycles. The minimum Gasteiger partial charge on any atom is -0.452 e. The molecule has 1 aromatic heterocycles. The van der Waals surface area contributed by atoms with Crippen LogP contribution in [-0.2, 0) is 27.2 Å². The van der Waals surface area contributed by atoms with Gasteiger partial charge in [0.05, 0.1) is 5.56 Å². The summed E-state index contributed by atoms with van der Waals surface area (Å²) in [6.45, 7) is 5.33. The zero-order chi connectivity index (χ0) is 21.7. The number of hydrogen-bond acceptors (Lipinski definition) is 5. The molecule has 1 aromatic carbocycles. The topological polar surface area (TPSA) is 84.5 Å². The highest BCUT2D eigenvalue weighted by Crippen LogP contribution is 2.38. The SMILES string of the molecule is CCC(C)c1ccc(NC(=O)COC(=O)c2c(NC(C)=O)sc3c2CCCC3)cc1. The lowest BCUT2D eigenvalue weighted by Gasteiger charge is -2.13. The van der Waals surface area contributed by atoms with Gasteiger partial charge < -0.3 is 15.4 Å². The van der Waals surface area contributed by atoms with Crippen molar-refractivity contribution in [2.75, 3.05) is 17.2 Å². The lowest BCUT2D eigenvalue weighted by atomic mass is 9.95. The van der Waals surface area contributed by atoms with Crippen LogP contribution in [0.1, 0.15) is 72.3 Å². The van der Waals surface area contributed by atoms with Gasteiger partial charge in [-0.05, 0) is 61.3 Å². The largest absolute Gasteiger partial charge is 0.452 e. The summed E-state index contributed by atoms with van der Waals surface area (Å²) >= 11 is 1.43. The van der Waals surface area contributed by atoms with Crippen molar-refractivity contribution in [2.45, 2.75) is 58.8 Å². The van der Waals surface area contributed by atoms with Gasteiger partial charge in [0, 0.05) is 17.5 Å². The van der Waals surface area contributed by atoms with Crippen molar-refractivity contribution in [3.8, 4) is 0 Å². The zero-order valence-electron chi connectivity index (χ0n) is 17.7. The maximum Gasteiger partial charge on any atom is 0.341 e. The fraction of sp³-hybridized carbons (Fsp3) is 0.435. The summed E-state index contributed by atoms with van der Waals surface area (Å²) in [6.07, 6.45) is 4.79. The molecule has 3 rings (SSSR count). The molecule has 0 saturated carbocycles. The molecule has 0 spiro atoms. The van der Waals surface area contributed by atoms with E-state index in [-0.39, 0.29) is 12.5 Å². The highest BCUT2D eigenvalue weighted by Gasteiger charge is 2.27. The number of anilines is 2. The van der Waals surface area contributed by atoms with E-state index in [2.05, 4.69) is 24.5 Å². The molecule has 6 nitrogen and oxygen atoms in total. The quantitative estimate of drug-likeness (QED) is 0.615. The van der Waals surface area contributed by atoms with E-state index in [1.165, 1.54) is 23.8 Å². The van der Waals surface area contributed by atoms with Gasteiger partial charge in [-0.25, -0.2) is 4.79 Å². The van der Waals surface area contributed by atoms with Crippen molar-refractivity contribution in [2.24, 2.45) is 0 Å². The molecule has 0 radical (unpaired) electrons. The first-order chi connectivity index (χ1) is 14.4. The highest BCUT2D eigenvalue weighted by atomic mass is 32.1. The molecule has 0 fully saturated rings. The molecule has 160 valence electrons. The summed E-state index contributed by atoms with van der Waals surface area (Å²) in [5.74, 6) is -0.739. The fourth-order valence-electron chi connectivity index (χ4n) is 3.56. The van der Waals surface area contributed by atoms with Gasteiger partial charge in [0.25, 0.3) is 5.91 Å². The number of benzene rings is 1. The zero-order valence-corrected chi connectivity index (χ0v) is 18.5. The Morgan fingerprint density at radius 3 is 2.47 bits per heavy atom. The fourth-order valence-corrected chi connectivity index (χ4v) is 4.88. The first-order valence-corrected chi connectivity index (χ1v) is 11.2. The minimum atomic E-state index is -0.569. The van der Waals surface area contributed by atoms with E-state index in [1.807, 2.05) is 24.3 Å². The van der Waals surface area contributed by atoms with Crippen molar-refractivity contribution in [1.29, 1.82) is 0 Å². The number of ether oxygens (including phenoxy) is 1. The predicted molar refractivity (Wildman–Crippen MR) is 119 cm³/mol. The number of carbonyl (C=O) groups excluding carboxylic acids is 3. The van der Waals surface area contributed by atoms with Gasteiger partial charge in [-0.3, -0.25) is 9.59 Å². The predicted octanol–water partition coefficient (Wildman–Crippen LogP) is 4.89. The number of esters is 1. The van der Waals surface area contributed by atoms with Crippen LogP contribution < -0.4 is 10.6 Å². The number of rotatable bonds is 7. The molecule has 0 saturated heterocycles. The van der Waals surface area contributed by atoms with Gasteiger partial charge in [0.1, 0.15) is 5.00 Å². The number of thiophene rings is 1. The van der Waals surface area contributed by atoms with Gasteiger partial charge in [-0.2, -0.15) is 0 Å². The van der Waals surface area contributed by atoms with E-state index < -0.39 is 11.9 Å². The van der Waals surface area contributed by atoms with Crippen LogP contribution in [-0.4, -0.2) is 24.4 Å². The van der Waals surface area contributed by atoms with E-state index in [0.717, 1.165) is 42.5 Å². The third kappa shape index (κ3) is 5.27. The van der Waals surface area contributed by atoms with E-state index in [1.54, 1.807) is 0 Å². The summed E-state index contributed by atoms with van der Waals surface area (Å²) < 4.78 is 5.29. The Kier molecular flexibility index (Phi) is 7.26. The van der Waals surface area contributed by atoms with Crippen LogP contribution in [0, 0.1) is 0 Å². The number of carbonyl (C=O) groups is 3. The first kappa shape index (κ1) is 22.0. The second-order valence-electron chi connectivity index (χ2n) is 7.65. The van der Waals surface area contributed by atoms with Crippen LogP contribution in [0.25, 0.3) is 0 Å². The lowest BCUT2D eigenvalue weighted by Crippen LogP contribution is -2.22. The Hall–Kier alpha value is -2.67. The molecule has 2 amide bonds. The monoisotopic (exact) mass is 428 g/mol. The molecular weight excluding hydrogens is 400 g/mol. The molecule has 1 unspecified atom stereocenters. The maximum atomic E-state index is 12.7. The van der Waals surface area contributed by atoms with Crippen LogP contribution in [0.15, 0.2) is 24.3 Å². The second-order valence-corrected chi connectivity index (χ2v) is 8.76. The molecule has 30 heavy (non-hydrogen) atoms. The van der Waals surface area contributed by atoms with Crippen LogP contribution in [0.2, 0.25) is 0 Å². The highest BCUT2D eigenvalue weighted by molar-refractivity contribution is 7.17. The van der Waals surface area contributed by atoms with Crippen LogP contribution in [0.4, 0.5) is 10.7 Å². The van der Waals surface area contributed by atoms with E-state index in [9.17, 15) is 14.4 Å². The Labute approximate surface area is 181 Å². The molecule has 2 aromatic rings. The molecule has 1 heterocycles.